The first-order chi connectivity index (χ1) is 15.4. The number of nitrogens with two attached hydrogens (primary N) is 1. The topological polar surface area (TPSA) is 105 Å². The van der Waals surface area contributed by atoms with E-state index >= 15 is 0 Å². The predicted molar refractivity (Wildman–Crippen MR) is 121 cm³/mol. The van der Waals surface area contributed by atoms with E-state index in [9.17, 15) is 8.42 Å². The maximum absolute atomic E-state index is 12.3. The highest BCUT2D eigenvalue weighted by atomic mass is 32.2. The number of hydrogen-bond donors (Lipinski definition) is 1. The number of sulfonamides is 1. The largest absolute Gasteiger partial charge is 0.497 e. The fourth-order valence-corrected chi connectivity index (χ4v) is 4.22. The van der Waals surface area contributed by atoms with E-state index in [4.69, 9.17) is 19.0 Å². The Morgan fingerprint density at radius 1 is 0.906 bits per heavy atom. The molecular formula is C24H22N2O5S. The van der Waals surface area contributed by atoms with Crippen molar-refractivity contribution in [2.24, 2.45) is 5.14 Å². The Morgan fingerprint density at radius 2 is 1.62 bits per heavy atom. The maximum atomic E-state index is 12.3. The van der Waals surface area contributed by atoms with Crippen LogP contribution in [0.5, 0.6) is 11.5 Å². The van der Waals surface area contributed by atoms with Crippen LogP contribution in [0.2, 0.25) is 0 Å². The average molecular weight is 451 g/mol. The van der Waals surface area contributed by atoms with Gasteiger partial charge in [-0.3, -0.25) is 0 Å². The van der Waals surface area contributed by atoms with Gasteiger partial charge in [-0.2, -0.15) is 0 Å². The molecule has 0 radical (unpaired) electrons. The summed E-state index contributed by atoms with van der Waals surface area (Å²) in [5, 5.41) is 5.48. The first-order valence-corrected chi connectivity index (χ1v) is 11.3. The molecule has 0 fully saturated rings. The van der Waals surface area contributed by atoms with Crippen molar-refractivity contribution < 1.29 is 22.3 Å². The number of primary sulfonamides is 1. The van der Waals surface area contributed by atoms with E-state index in [0.29, 0.717) is 46.4 Å². The molecule has 4 rings (SSSR count). The average Bonchev–Trinajstić information content (AvgIpc) is 3.22. The van der Waals surface area contributed by atoms with Gasteiger partial charge in [0.05, 0.1) is 24.7 Å². The van der Waals surface area contributed by atoms with Crippen molar-refractivity contribution in [2.75, 3.05) is 14.2 Å². The summed E-state index contributed by atoms with van der Waals surface area (Å²) in [7, 11) is -0.891. The van der Waals surface area contributed by atoms with Crippen molar-refractivity contribution in [1.29, 1.82) is 0 Å². The van der Waals surface area contributed by atoms with Crippen molar-refractivity contribution >= 4 is 10.0 Å². The highest BCUT2D eigenvalue weighted by molar-refractivity contribution is 7.89. The fraction of sp³-hybridized carbons (Fsp3) is 0.125. The van der Waals surface area contributed by atoms with E-state index in [1.54, 1.807) is 50.6 Å². The van der Waals surface area contributed by atoms with Gasteiger partial charge in [-0.25, -0.2) is 18.5 Å². The minimum atomic E-state index is -4.00. The molecule has 3 aromatic carbocycles. The molecule has 1 heterocycles. The molecule has 2 N–H and O–H groups in total. The number of rotatable bonds is 7. The minimum Gasteiger partial charge on any atom is -0.497 e. The van der Waals surface area contributed by atoms with Crippen LogP contribution in [0.1, 0.15) is 11.5 Å². The Hall–Kier alpha value is -3.62. The molecule has 164 valence electrons. The lowest BCUT2D eigenvalue weighted by Crippen LogP contribution is -2.13. The van der Waals surface area contributed by atoms with Gasteiger partial charge < -0.3 is 13.9 Å². The van der Waals surface area contributed by atoms with Gasteiger partial charge >= 0.3 is 0 Å². The van der Waals surface area contributed by atoms with Crippen molar-refractivity contribution in [3.63, 3.8) is 0 Å². The number of nitrogens with zero attached hydrogens (tertiary/aromatic N) is 1. The number of hydrogen-bond acceptors (Lipinski definition) is 6. The highest BCUT2D eigenvalue weighted by Gasteiger charge is 2.25. The summed E-state index contributed by atoms with van der Waals surface area (Å²) in [6, 6.07) is 21.4. The molecule has 0 bridgehead atoms. The number of ether oxygens (including phenoxy) is 2. The smallest absolute Gasteiger partial charge is 0.238 e. The summed E-state index contributed by atoms with van der Waals surface area (Å²) < 4.78 is 41.6. The lowest BCUT2D eigenvalue weighted by atomic mass is 10.0. The van der Waals surface area contributed by atoms with E-state index in [0.717, 1.165) is 5.56 Å². The van der Waals surface area contributed by atoms with Crippen molar-refractivity contribution in [1.82, 2.24) is 4.98 Å². The standard InChI is InChI=1S/C24H22N2O5S/c1-29-17-12-13-20(30-2)19(15-17)24-23(18-10-6-7-11-21(18)32(25,27)28)26-22(31-24)14-16-8-4-3-5-9-16/h3-13,15H,14H2,1-2H3,(H2,25,27,28). The molecule has 0 aliphatic rings. The van der Waals surface area contributed by atoms with Crippen LogP contribution in [0.3, 0.4) is 0 Å². The van der Waals surface area contributed by atoms with E-state index in [1.807, 2.05) is 30.3 Å². The number of aromatic nitrogens is 1. The summed E-state index contributed by atoms with van der Waals surface area (Å²) in [4.78, 5) is 4.63. The van der Waals surface area contributed by atoms with Crippen molar-refractivity contribution in [2.45, 2.75) is 11.3 Å². The summed E-state index contributed by atoms with van der Waals surface area (Å²) in [5.74, 6) is 1.91. The third kappa shape index (κ3) is 4.37. The Labute approximate surface area is 186 Å². The van der Waals surface area contributed by atoms with Gasteiger partial charge in [0.15, 0.2) is 11.7 Å². The van der Waals surface area contributed by atoms with Crippen LogP contribution in [0.4, 0.5) is 0 Å². The van der Waals surface area contributed by atoms with E-state index in [2.05, 4.69) is 4.98 Å². The summed E-state index contributed by atoms with van der Waals surface area (Å²) >= 11 is 0. The van der Waals surface area contributed by atoms with Crippen LogP contribution in [0.15, 0.2) is 82.1 Å². The highest BCUT2D eigenvalue weighted by Crippen LogP contribution is 2.41. The first kappa shape index (κ1) is 21.6. The van der Waals surface area contributed by atoms with Crippen LogP contribution in [-0.2, 0) is 16.4 Å². The molecule has 0 amide bonds. The van der Waals surface area contributed by atoms with Gasteiger partial charge in [0.1, 0.15) is 17.2 Å². The van der Waals surface area contributed by atoms with Crippen LogP contribution in [0, 0.1) is 0 Å². The van der Waals surface area contributed by atoms with Crippen molar-refractivity contribution in [3.8, 4) is 34.1 Å². The van der Waals surface area contributed by atoms with E-state index in [1.165, 1.54) is 6.07 Å². The molecule has 0 saturated heterocycles. The molecule has 4 aromatic rings. The zero-order valence-corrected chi connectivity index (χ0v) is 18.4. The molecule has 0 saturated carbocycles. The van der Waals surface area contributed by atoms with E-state index < -0.39 is 10.0 Å². The number of benzene rings is 3. The molecule has 0 unspecified atom stereocenters. The first-order valence-electron chi connectivity index (χ1n) is 9.79. The van der Waals surface area contributed by atoms with Crippen LogP contribution in [-0.4, -0.2) is 27.6 Å². The molecule has 0 aliphatic carbocycles. The quantitative estimate of drug-likeness (QED) is 0.451. The normalized spacial score (nSPS) is 11.3. The second-order valence-corrected chi connectivity index (χ2v) is 8.58. The molecular weight excluding hydrogens is 428 g/mol. The van der Waals surface area contributed by atoms with E-state index in [-0.39, 0.29) is 4.90 Å². The van der Waals surface area contributed by atoms with Gasteiger partial charge in [0.25, 0.3) is 0 Å². The SMILES string of the molecule is COc1ccc(OC)c(-c2oc(Cc3ccccc3)nc2-c2ccccc2S(N)(=O)=O)c1. The van der Waals surface area contributed by atoms with Gasteiger partial charge in [0.2, 0.25) is 10.0 Å². The van der Waals surface area contributed by atoms with Crippen molar-refractivity contribution in [3.05, 3.63) is 84.3 Å². The summed E-state index contributed by atoms with van der Waals surface area (Å²) in [5.41, 5.74) is 2.28. The fourth-order valence-electron chi connectivity index (χ4n) is 3.48. The second kappa shape index (κ2) is 8.86. The zero-order valence-electron chi connectivity index (χ0n) is 17.6. The Morgan fingerprint density at radius 3 is 2.31 bits per heavy atom. The lowest BCUT2D eigenvalue weighted by molar-refractivity contribution is 0.402. The number of methoxy groups -OCH3 is 2. The molecule has 32 heavy (non-hydrogen) atoms. The maximum Gasteiger partial charge on any atom is 0.238 e. The van der Waals surface area contributed by atoms with Gasteiger partial charge in [-0.1, -0.05) is 48.5 Å². The molecule has 0 atom stereocenters. The predicted octanol–water partition coefficient (Wildman–Crippen LogP) is 4.26. The Bertz CT molecular complexity index is 1350. The minimum absolute atomic E-state index is 0.0392. The molecule has 0 aliphatic heterocycles. The van der Waals surface area contributed by atoms with Crippen LogP contribution >= 0.6 is 0 Å². The molecule has 0 spiro atoms. The van der Waals surface area contributed by atoms with Crippen LogP contribution < -0.4 is 14.6 Å². The van der Waals surface area contributed by atoms with Crippen LogP contribution in [0.25, 0.3) is 22.6 Å². The Balaban J connectivity index is 1.96. The van der Waals surface area contributed by atoms with Gasteiger partial charge in [-0.05, 0) is 29.8 Å². The third-order valence-corrected chi connectivity index (χ3v) is 5.94. The molecule has 8 heteroatoms. The summed E-state index contributed by atoms with van der Waals surface area (Å²) in [6.45, 7) is 0. The third-order valence-electron chi connectivity index (χ3n) is 4.97. The lowest BCUT2D eigenvalue weighted by Gasteiger charge is -2.11. The zero-order chi connectivity index (χ0) is 22.7. The molecule has 7 nitrogen and oxygen atoms in total. The second-order valence-electron chi connectivity index (χ2n) is 7.06. The molecule has 1 aromatic heterocycles. The Kier molecular flexibility index (Phi) is 5.98. The van der Waals surface area contributed by atoms with Gasteiger partial charge in [-0.15, -0.1) is 0 Å². The van der Waals surface area contributed by atoms with Gasteiger partial charge in [0, 0.05) is 12.0 Å². The summed E-state index contributed by atoms with van der Waals surface area (Å²) in [6.07, 6.45) is 0.428. The number of oxazole rings is 1. The monoisotopic (exact) mass is 450 g/mol.